The van der Waals surface area contributed by atoms with Gasteiger partial charge in [0.25, 0.3) is 0 Å². The van der Waals surface area contributed by atoms with Gasteiger partial charge in [0.15, 0.2) is 0 Å². The molecule has 0 radical (unpaired) electrons. The van der Waals surface area contributed by atoms with Gasteiger partial charge < -0.3 is 9.47 Å². The van der Waals surface area contributed by atoms with Gasteiger partial charge in [-0.2, -0.15) is 0 Å². The maximum absolute atomic E-state index is 5.42. The molecule has 1 rings (SSSR count). The molecular weight excluding hydrogens is 182 g/mol. The average Bonchev–Trinajstić information content (AvgIpc) is 2.21. The number of hydrogen-bond donors (Lipinski definition) is 1. The molecule has 0 aliphatic heterocycles. The van der Waals surface area contributed by atoms with E-state index >= 15 is 0 Å². The summed E-state index contributed by atoms with van der Waals surface area (Å²) in [5.74, 6) is 6.52. The van der Waals surface area contributed by atoms with E-state index < -0.39 is 0 Å². The van der Waals surface area contributed by atoms with Crippen LogP contribution in [0.25, 0.3) is 0 Å². The van der Waals surface area contributed by atoms with Gasteiger partial charge in [0.1, 0.15) is 11.5 Å². The Balaban J connectivity index is 2.91. The highest BCUT2D eigenvalue weighted by molar-refractivity contribution is 5.40. The van der Waals surface area contributed by atoms with E-state index in [0.717, 1.165) is 17.1 Å². The van der Waals surface area contributed by atoms with Crippen molar-refractivity contribution in [2.75, 3.05) is 13.7 Å². The fourth-order valence-electron chi connectivity index (χ4n) is 1.16. The van der Waals surface area contributed by atoms with Gasteiger partial charge >= 0.3 is 0 Å². The molecule has 0 saturated carbocycles. The highest BCUT2D eigenvalue weighted by Crippen LogP contribution is 2.25. The van der Waals surface area contributed by atoms with Gasteiger partial charge in [-0.1, -0.05) is 0 Å². The first-order valence-corrected chi connectivity index (χ1v) is 4.43. The Hall–Kier alpha value is -1.26. The monoisotopic (exact) mass is 197 g/mol. The lowest BCUT2D eigenvalue weighted by Gasteiger charge is -2.10. The van der Waals surface area contributed by atoms with Gasteiger partial charge in [0.2, 0.25) is 0 Å². The molecule has 0 spiro atoms. The molecule has 4 heteroatoms. The molecule has 2 N–H and O–H groups in total. The third kappa shape index (κ3) is 2.61. The van der Waals surface area contributed by atoms with Crippen LogP contribution in [0.3, 0.4) is 0 Å². The molecule has 0 aromatic heterocycles. The van der Waals surface area contributed by atoms with E-state index in [4.69, 9.17) is 15.4 Å². The van der Waals surface area contributed by atoms with Crippen molar-refractivity contribution in [3.05, 3.63) is 23.8 Å². The third-order valence-electron chi connectivity index (χ3n) is 1.81. The molecule has 0 unspecified atom stereocenters. The topological polar surface area (TPSA) is 53.7 Å². The van der Waals surface area contributed by atoms with Crippen LogP contribution in [0.5, 0.6) is 11.5 Å². The Morgan fingerprint density at radius 3 is 2.71 bits per heavy atom. The van der Waals surface area contributed by atoms with Crippen LogP contribution in [-0.2, 0) is 11.4 Å². The maximum atomic E-state index is 5.42. The van der Waals surface area contributed by atoms with Gasteiger partial charge in [0.05, 0.1) is 20.3 Å². The summed E-state index contributed by atoms with van der Waals surface area (Å²) in [7, 11) is 1.62. The molecule has 0 fully saturated rings. The summed E-state index contributed by atoms with van der Waals surface area (Å²) in [6.45, 7) is 2.86. The van der Waals surface area contributed by atoms with Crippen LogP contribution in [0.4, 0.5) is 0 Å². The molecule has 0 bridgehead atoms. The fourth-order valence-corrected chi connectivity index (χ4v) is 1.16. The van der Waals surface area contributed by atoms with Crippen LogP contribution >= 0.6 is 0 Å². The summed E-state index contributed by atoms with van der Waals surface area (Å²) in [6.07, 6.45) is 0. The Morgan fingerprint density at radius 1 is 1.36 bits per heavy atom. The summed E-state index contributed by atoms with van der Waals surface area (Å²) < 4.78 is 10.5. The standard InChI is InChI=1S/C10H15NO3/c1-3-13-10-6-9(12-2)5-4-8(10)7-14-11/h4-6H,3,7,11H2,1-2H3. The molecule has 0 aliphatic rings. The maximum Gasteiger partial charge on any atom is 0.128 e. The van der Waals surface area contributed by atoms with E-state index in [2.05, 4.69) is 4.84 Å². The number of rotatable bonds is 5. The van der Waals surface area contributed by atoms with Crippen molar-refractivity contribution >= 4 is 0 Å². The van der Waals surface area contributed by atoms with E-state index in [1.165, 1.54) is 0 Å². The van der Waals surface area contributed by atoms with Crippen LogP contribution in [0.2, 0.25) is 0 Å². The van der Waals surface area contributed by atoms with Gasteiger partial charge in [-0.15, -0.1) is 0 Å². The predicted octanol–water partition coefficient (Wildman–Crippen LogP) is 1.48. The second-order valence-corrected chi connectivity index (χ2v) is 2.72. The van der Waals surface area contributed by atoms with Crippen LogP contribution < -0.4 is 15.4 Å². The zero-order valence-electron chi connectivity index (χ0n) is 8.45. The Morgan fingerprint density at radius 2 is 2.14 bits per heavy atom. The zero-order chi connectivity index (χ0) is 10.4. The van der Waals surface area contributed by atoms with E-state index in [-0.39, 0.29) is 0 Å². The van der Waals surface area contributed by atoms with Gasteiger partial charge in [-0.25, -0.2) is 5.90 Å². The van der Waals surface area contributed by atoms with E-state index in [0.29, 0.717) is 13.2 Å². The lowest BCUT2D eigenvalue weighted by molar-refractivity contribution is 0.121. The molecule has 0 saturated heterocycles. The van der Waals surface area contributed by atoms with Gasteiger partial charge in [0, 0.05) is 11.6 Å². The Bertz CT molecular complexity index is 289. The second-order valence-electron chi connectivity index (χ2n) is 2.72. The number of benzene rings is 1. The number of methoxy groups -OCH3 is 1. The van der Waals surface area contributed by atoms with Crippen LogP contribution in [-0.4, -0.2) is 13.7 Å². The second kappa shape index (κ2) is 5.47. The number of hydrogen-bond acceptors (Lipinski definition) is 4. The first-order chi connectivity index (χ1) is 6.81. The summed E-state index contributed by atoms with van der Waals surface area (Å²) in [5.41, 5.74) is 0.912. The first kappa shape index (κ1) is 10.8. The van der Waals surface area contributed by atoms with E-state index in [1.54, 1.807) is 7.11 Å². The molecular formula is C10H15NO3. The van der Waals surface area contributed by atoms with Gasteiger partial charge in [-0.3, -0.25) is 4.84 Å². The van der Waals surface area contributed by atoms with Crippen molar-refractivity contribution in [2.45, 2.75) is 13.5 Å². The van der Waals surface area contributed by atoms with Crippen molar-refractivity contribution in [3.8, 4) is 11.5 Å². The van der Waals surface area contributed by atoms with Crippen molar-refractivity contribution in [1.29, 1.82) is 0 Å². The molecule has 1 aromatic carbocycles. The summed E-state index contributed by atoms with van der Waals surface area (Å²) in [4.78, 5) is 4.57. The SMILES string of the molecule is CCOc1cc(OC)ccc1CON. The highest BCUT2D eigenvalue weighted by atomic mass is 16.6. The highest BCUT2D eigenvalue weighted by Gasteiger charge is 2.04. The summed E-state index contributed by atoms with van der Waals surface area (Å²) in [5, 5.41) is 0. The van der Waals surface area contributed by atoms with E-state index in [9.17, 15) is 0 Å². The molecule has 0 amide bonds. The minimum Gasteiger partial charge on any atom is -0.497 e. The van der Waals surface area contributed by atoms with E-state index in [1.807, 2.05) is 25.1 Å². The summed E-state index contributed by atoms with van der Waals surface area (Å²) in [6, 6.07) is 5.53. The number of nitrogens with two attached hydrogens (primary N) is 1. The van der Waals surface area contributed by atoms with Crippen molar-refractivity contribution in [1.82, 2.24) is 0 Å². The molecule has 1 aromatic rings. The van der Waals surface area contributed by atoms with Crippen LogP contribution in [0.15, 0.2) is 18.2 Å². The molecule has 4 nitrogen and oxygen atoms in total. The van der Waals surface area contributed by atoms with Crippen LogP contribution in [0.1, 0.15) is 12.5 Å². The lowest BCUT2D eigenvalue weighted by Crippen LogP contribution is -2.02. The summed E-state index contributed by atoms with van der Waals surface area (Å²) >= 11 is 0. The van der Waals surface area contributed by atoms with Crippen LogP contribution in [0, 0.1) is 0 Å². The smallest absolute Gasteiger partial charge is 0.128 e. The molecule has 14 heavy (non-hydrogen) atoms. The third-order valence-corrected chi connectivity index (χ3v) is 1.81. The minimum atomic E-state index is 0.333. The minimum absolute atomic E-state index is 0.333. The van der Waals surface area contributed by atoms with Crippen molar-refractivity contribution in [2.24, 2.45) is 5.90 Å². The lowest BCUT2D eigenvalue weighted by atomic mass is 10.2. The fraction of sp³-hybridized carbons (Fsp3) is 0.400. The largest absolute Gasteiger partial charge is 0.497 e. The van der Waals surface area contributed by atoms with Crippen molar-refractivity contribution in [3.63, 3.8) is 0 Å². The number of ether oxygens (including phenoxy) is 2. The average molecular weight is 197 g/mol. The molecule has 0 atom stereocenters. The Labute approximate surface area is 83.5 Å². The molecule has 0 aliphatic carbocycles. The molecule has 78 valence electrons. The first-order valence-electron chi connectivity index (χ1n) is 4.43. The van der Waals surface area contributed by atoms with Gasteiger partial charge in [-0.05, 0) is 19.1 Å². The van der Waals surface area contributed by atoms with Crippen molar-refractivity contribution < 1.29 is 14.3 Å². The quantitative estimate of drug-likeness (QED) is 0.726. The zero-order valence-corrected chi connectivity index (χ0v) is 8.45. The molecule has 0 heterocycles. The normalized spacial score (nSPS) is 9.93. The predicted molar refractivity (Wildman–Crippen MR) is 53.1 cm³/mol. The Kier molecular flexibility index (Phi) is 4.22.